The number of anilines is 1. The third-order valence-electron chi connectivity index (χ3n) is 6.32. The predicted octanol–water partition coefficient (Wildman–Crippen LogP) is 1.42. The minimum atomic E-state index is -5.36. The van der Waals surface area contributed by atoms with E-state index in [1.165, 1.54) is 33.6 Å². The first-order valence-electron chi connectivity index (χ1n) is 11.7. The maximum atomic E-state index is 13.6. The molecule has 3 heterocycles. The molecule has 3 aromatic rings. The zero-order valence-electron chi connectivity index (χ0n) is 22.0. The number of nitrogen functional groups attached to an aromatic ring is 1. The van der Waals surface area contributed by atoms with Crippen LogP contribution in [0.15, 0.2) is 41.7 Å². The van der Waals surface area contributed by atoms with Crippen LogP contribution in [0.25, 0.3) is 11.3 Å². The Morgan fingerprint density at radius 2 is 1.67 bits per heavy atom. The Bertz CT molecular complexity index is 1650. The number of aliphatic carboxylic acids is 1. The number of aromatic nitrogens is 4. The van der Waals surface area contributed by atoms with Crippen molar-refractivity contribution >= 4 is 27.7 Å². The molecule has 20 heteroatoms. The van der Waals surface area contributed by atoms with Gasteiger partial charge in [-0.25, -0.2) is 23.2 Å². The molecule has 6 N–H and O–H groups in total. The van der Waals surface area contributed by atoms with Crippen LogP contribution in [-0.4, -0.2) is 80.0 Å². The molecule has 0 saturated carbocycles. The van der Waals surface area contributed by atoms with Crippen molar-refractivity contribution in [3.63, 3.8) is 0 Å². The van der Waals surface area contributed by atoms with Gasteiger partial charge >= 0.3 is 18.3 Å². The van der Waals surface area contributed by atoms with E-state index in [2.05, 4.69) is 15.1 Å². The predicted molar refractivity (Wildman–Crippen MR) is 134 cm³/mol. The topological polar surface area (TPSA) is 208 Å². The number of halogens is 6. The van der Waals surface area contributed by atoms with Crippen LogP contribution in [0.2, 0.25) is 0 Å². The summed E-state index contributed by atoms with van der Waals surface area (Å²) in [5.74, 6) is -5.10. The largest absolute Gasteiger partial charge is 0.490 e. The molecular formula is C23H23F6N7O6S. The maximum Gasteiger partial charge on any atom is 0.490 e. The molecule has 1 amide bonds. The highest BCUT2D eigenvalue weighted by molar-refractivity contribution is 7.89. The maximum absolute atomic E-state index is 13.6. The van der Waals surface area contributed by atoms with Crippen molar-refractivity contribution in [3.8, 4) is 11.3 Å². The number of carbonyl (C=O) groups is 2. The van der Waals surface area contributed by atoms with Crippen LogP contribution >= 0.6 is 0 Å². The summed E-state index contributed by atoms with van der Waals surface area (Å²) in [6.45, 7) is 1.72. The number of carboxylic acid groups (broad SMARTS) is 1. The van der Waals surface area contributed by atoms with Crippen molar-refractivity contribution in [2.45, 2.75) is 35.7 Å². The van der Waals surface area contributed by atoms with Gasteiger partial charge < -0.3 is 21.7 Å². The second-order valence-electron chi connectivity index (χ2n) is 9.30. The molecule has 1 aliphatic rings. The van der Waals surface area contributed by atoms with E-state index in [1.54, 1.807) is 14.0 Å². The van der Waals surface area contributed by atoms with Gasteiger partial charge in [0.15, 0.2) is 0 Å². The van der Waals surface area contributed by atoms with Crippen LogP contribution in [0.3, 0.4) is 0 Å². The highest BCUT2D eigenvalue weighted by Gasteiger charge is 2.60. The number of hydrogen-bond donors (Lipinski definition) is 4. The van der Waals surface area contributed by atoms with Crippen molar-refractivity contribution in [1.29, 1.82) is 0 Å². The Kier molecular flexibility index (Phi) is 8.81. The zero-order valence-corrected chi connectivity index (χ0v) is 22.9. The molecule has 0 bridgehead atoms. The molecule has 0 spiro atoms. The van der Waals surface area contributed by atoms with Gasteiger partial charge in [0.25, 0.3) is 11.5 Å². The average molecular weight is 640 g/mol. The lowest BCUT2D eigenvalue weighted by Gasteiger charge is -2.37. The lowest BCUT2D eigenvalue weighted by atomic mass is 9.89. The van der Waals surface area contributed by atoms with Crippen molar-refractivity contribution in [2.75, 3.05) is 18.8 Å². The van der Waals surface area contributed by atoms with Gasteiger partial charge in [-0.05, 0) is 18.6 Å². The van der Waals surface area contributed by atoms with E-state index in [0.717, 1.165) is 12.1 Å². The summed E-state index contributed by atoms with van der Waals surface area (Å²) in [4.78, 5) is 29.1. The molecule has 234 valence electrons. The van der Waals surface area contributed by atoms with Crippen LogP contribution < -0.4 is 11.5 Å². The molecule has 1 saturated heterocycles. The number of hydrogen-bond acceptors (Lipinski definition) is 9. The van der Waals surface area contributed by atoms with Crippen LogP contribution in [-0.2, 0) is 32.3 Å². The van der Waals surface area contributed by atoms with Gasteiger partial charge in [-0.2, -0.15) is 35.7 Å². The zero-order chi connectivity index (χ0) is 32.7. The first kappa shape index (κ1) is 33.2. The second kappa shape index (κ2) is 11.4. The Morgan fingerprint density at radius 3 is 2.14 bits per heavy atom. The van der Waals surface area contributed by atoms with E-state index in [0.29, 0.717) is 5.56 Å². The van der Waals surface area contributed by atoms with E-state index in [-0.39, 0.29) is 40.8 Å². The first-order chi connectivity index (χ1) is 19.6. The van der Waals surface area contributed by atoms with Crippen molar-refractivity contribution < 1.29 is 54.6 Å². The number of primary amides is 1. The summed E-state index contributed by atoms with van der Waals surface area (Å²) in [6.07, 6.45) is -6.59. The van der Waals surface area contributed by atoms with Crippen LogP contribution in [0.1, 0.15) is 22.7 Å². The normalized spacial score (nSPS) is 16.0. The van der Waals surface area contributed by atoms with Gasteiger partial charge in [-0.3, -0.25) is 9.48 Å². The van der Waals surface area contributed by atoms with Gasteiger partial charge in [-0.15, -0.1) is 0 Å². The second-order valence-corrected chi connectivity index (χ2v) is 11.2. The standard InChI is InChI=1S/C21H22F3N7O4S.C2HF3O2/c1-11-3-4-13(20(33,19(26)32)21(22,23)24)5-15(11)16-7-27-18(25)17(29-16)12-8-31(9-12)36(34,35)14-6-28-30(2)10-14;3-2(4,5)1(6)7/h3-7,10,12,33H,8-9H2,1-2H3,(H2,25,27)(H2,26,32);(H,6,7). The van der Waals surface area contributed by atoms with Gasteiger partial charge in [0.2, 0.25) is 10.0 Å². The molecule has 1 atom stereocenters. The molecule has 1 unspecified atom stereocenters. The summed E-state index contributed by atoms with van der Waals surface area (Å²) in [5.41, 5.74) is 7.23. The van der Waals surface area contributed by atoms with Crippen LogP contribution in [0.5, 0.6) is 0 Å². The van der Waals surface area contributed by atoms with Gasteiger partial charge in [-0.1, -0.05) is 12.1 Å². The lowest BCUT2D eigenvalue weighted by molar-refractivity contribution is -0.255. The quantitative estimate of drug-likeness (QED) is 0.285. The third kappa shape index (κ3) is 6.54. The molecule has 0 aliphatic carbocycles. The number of alkyl halides is 6. The molecule has 0 radical (unpaired) electrons. The number of benzene rings is 1. The van der Waals surface area contributed by atoms with Crippen molar-refractivity contribution in [1.82, 2.24) is 24.1 Å². The molecule has 1 aliphatic heterocycles. The molecule has 1 fully saturated rings. The number of nitrogens with zero attached hydrogens (tertiary/aromatic N) is 5. The minimum Gasteiger partial charge on any atom is -0.475 e. The number of carboxylic acids is 1. The number of carbonyl (C=O) groups excluding carboxylic acids is 1. The Labute approximate surface area is 238 Å². The van der Waals surface area contributed by atoms with E-state index in [9.17, 15) is 44.7 Å². The summed E-state index contributed by atoms with van der Waals surface area (Å²) >= 11 is 0. The highest BCUT2D eigenvalue weighted by Crippen LogP contribution is 2.41. The van der Waals surface area contributed by atoms with E-state index in [4.69, 9.17) is 21.4 Å². The van der Waals surface area contributed by atoms with E-state index >= 15 is 0 Å². The SMILES string of the molecule is Cc1ccc(C(O)(C(N)=O)C(F)(F)F)cc1-c1cnc(N)c(C2CN(S(=O)(=O)c3cnn(C)c3)C2)n1.O=C(O)C(F)(F)F. The Morgan fingerprint density at radius 1 is 1.09 bits per heavy atom. The smallest absolute Gasteiger partial charge is 0.475 e. The molecular weight excluding hydrogens is 616 g/mol. The monoisotopic (exact) mass is 639 g/mol. The number of sulfonamides is 1. The van der Waals surface area contributed by atoms with Gasteiger partial charge in [0.05, 0.1) is 23.8 Å². The van der Waals surface area contributed by atoms with Gasteiger partial charge in [0.1, 0.15) is 10.7 Å². The molecule has 2 aromatic heterocycles. The van der Waals surface area contributed by atoms with Gasteiger partial charge in [0, 0.05) is 43.4 Å². The van der Waals surface area contributed by atoms with Crippen LogP contribution in [0, 0.1) is 6.92 Å². The molecule has 1 aromatic carbocycles. The summed E-state index contributed by atoms with van der Waals surface area (Å²) < 4.78 is 100. The third-order valence-corrected chi connectivity index (χ3v) is 8.11. The van der Waals surface area contributed by atoms with Crippen LogP contribution in [0.4, 0.5) is 32.2 Å². The average Bonchev–Trinajstić information content (AvgIpc) is 3.30. The Hall–Kier alpha value is -4.30. The number of aryl methyl sites for hydroxylation is 2. The van der Waals surface area contributed by atoms with E-state index < -0.39 is 51.3 Å². The Balaban J connectivity index is 0.000000646. The van der Waals surface area contributed by atoms with Crippen molar-refractivity contribution in [3.05, 3.63) is 53.6 Å². The minimum absolute atomic E-state index is 0.0373. The lowest BCUT2D eigenvalue weighted by Crippen LogP contribution is -2.52. The summed E-state index contributed by atoms with van der Waals surface area (Å²) in [5, 5.41) is 21.2. The fraction of sp³-hybridized carbons (Fsp3) is 0.348. The summed E-state index contributed by atoms with van der Waals surface area (Å²) in [6, 6.07) is 3.21. The first-order valence-corrected chi connectivity index (χ1v) is 13.2. The van der Waals surface area contributed by atoms with Crippen molar-refractivity contribution in [2.24, 2.45) is 12.8 Å². The molecule has 13 nitrogen and oxygen atoms in total. The molecule has 4 rings (SSSR count). The summed E-state index contributed by atoms with van der Waals surface area (Å²) in [7, 11) is -2.17. The number of aliphatic hydroxyl groups is 1. The fourth-order valence-electron chi connectivity index (χ4n) is 3.90. The van der Waals surface area contributed by atoms with E-state index in [1.807, 2.05) is 0 Å². The fourth-order valence-corrected chi connectivity index (χ4v) is 5.42. The molecule has 43 heavy (non-hydrogen) atoms. The highest BCUT2D eigenvalue weighted by atomic mass is 32.2. The number of amides is 1. The number of rotatable bonds is 6. The number of nitrogens with two attached hydrogens (primary N) is 2.